The highest BCUT2D eigenvalue weighted by Crippen LogP contribution is 2.33. The average molecular weight is 502 g/mol. The van der Waals surface area contributed by atoms with Crippen LogP contribution in [0.3, 0.4) is 0 Å². The zero-order chi connectivity index (χ0) is 26.7. The molecule has 0 bridgehead atoms. The van der Waals surface area contributed by atoms with Crippen LogP contribution in [0.15, 0.2) is 72.0 Å². The van der Waals surface area contributed by atoms with E-state index in [2.05, 4.69) is 16.9 Å². The van der Waals surface area contributed by atoms with Crippen LogP contribution in [0, 0.1) is 5.82 Å². The van der Waals surface area contributed by atoms with Gasteiger partial charge in [0.2, 0.25) is 0 Å². The Morgan fingerprint density at radius 3 is 2.57 bits per heavy atom. The summed E-state index contributed by atoms with van der Waals surface area (Å²) < 4.78 is 19.3. The van der Waals surface area contributed by atoms with Gasteiger partial charge in [-0.1, -0.05) is 43.0 Å². The molecule has 1 amide bonds. The van der Waals surface area contributed by atoms with Crippen molar-refractivity contribution in [2.75, 3.05) is 24.4 Å². The van der Waals surface area contributed by atoms with E-state index < -0.39 is 34.6 Å². The summed E-state index contributed by atoms with van der Waals surface area (Å²) in [5.41, 5.74) is 0.929. The quantitative estimate of drug-likeness (QED) is 0.317. The normalized spacial score (nSPS) is 10.7. The lowest BCUT2D eigenvalue weighted by molar-refractivity contribution is 0.0600. The molecule has 0 unspecified atom stereocenters. The molecular weight excluding hydrogens is 477 g/mol. The van der Waals surface area contributed by atoms with E-state index in [1.165, 1.54) is 37.5 Å². The highest BCUT2D eigenvalue weighted by molar-refractivity contribution is 6.10. The zero-order valence-corrected chi connectivity index (χ0v) is 20.2. The molecule has 0 saturated carbocycles. The van der Waals surface area contributed by atoms with Crippen LogP contribution < -0.4 is 15.8 Å². The zero-order valence-electron chi connectivity index (χ0n) is 20.2. The van der Waals surface area contributed by atoms with Crippen molar-refractivity contribution in [1.29, 1.82) is 0 Å². The minimum Gasteiger partial charge on any atom is -0.506 e. The number of nitrogens with zero attached hydrogens (tertiary/aromatic N) is 1. The van der Waals surface area contributed by atoms with Crippen LogP contribution in [0.5, 0.6) is 5.75 Å². The summed E-state index contributed by atoms with van der Waals surface area (Å²) >= 11 is 0. The molecule has 0 atom stereocenters. The van der Waals surface area contributed by atoms with Crippen LogP contribution >= 0.6 is 0 Å². The second kappa shape index (κ2) is 10.4. The van der Waals surface area contributed by atoms with E-state index in [1.54, 1.807) is 11.9 Å². The summed E-state index contributed by atoms with van der Waals surface area (Å²) in [4.78, 5) is 42.2. The number of carbonyl (C=O) groups excluding carboxylic acids is 2. The lowest BCUT2D eigenvalue weighted by atomic mass is 10.1. The van der Waals surface area contributed by atoms with Crippen molar-refractivity contribution < 1.29 is 23.8 Å². The number of carbonyl (C=O) groups is 2. The number of pyridine rings is 1. The molecule has 3 aromatic carbocycles. The van der Waals surface area contributed by atoms with Crippen LogP contribution in [-0.2, 0) is 11.3 Å². The van der Waals surface area contributed by atoms with E-state index in [1.807, 2.05) is 30.3 Å². The van der Waals surface area contributed by atoms with Crippen LogP contribution in [0.4, 0.5) is 15.8 Å². The molecule has 9 heteroatoms. The Hall–Kier alpha value is -4.92. The number of esters is 1. The number of anilines is 2. The van der Waals surface area contributed by atoms with Gasteiger partial charge in [0, 0.05) is 24.7 Å². The van der Waals surface area contributed by atoms with E-state index in [0.29, 0.717) is 17.8 Å². The van der Waals surface area contributed by atoms with Gasteiger partial charge >= 0.3 is 5.97 Å². The highest BCUT2D eigenvalue weighted by Gasteiger charge is 2.23. The number of nitrogens with one attached hydrogen (secondary N) is 2. The van der Waals surface area contributed by atoms with E-state index in [9.17, 15) is 23.9 Å². The molecule has 0 saturated heterocycles. The van der Waals surface area contributed by atoms with Crippen molar-refractivity contribution in [2.24, 2.45) is 0 Å². The number of rotatable bonds is 7. The molecule has 3 N–H and O–H groups in total. The molecule has 0 fully saturated rings. The third-order valence-electron chi connectivity index (χ3n) is 5.88. The Kier molecular flexibility index (Phi) is 7.06. The number of aromatic hydroxyl groups is 1. The number of fused-ring (bicyclic) bond motifs is 1. The summed E-state index contributed by atoms with van der Waals surface area (Å²) in [6, 6.07) is 16.1. The first-order chi connectivity index (χ1) is 17.7. The first kappa shape index (κ1) is 25.2. The SMILES string of the molecule is C=Cc1cc(C(=O)OC)ccc1NC(=O)c1c(O)c2cc(F)cc(N(C)Cc3ccccc3)c2[nH]c1=O. The van der Waals surface area contributed by atoms with Crippen LogP contribution in [0.25, 0.3) is 17.0 Å². The number of aromatic nitrogens is 1. The molecule has 0 aliphatic carbocycles. The number of hydrogen-bond acceptors (Lipinski definition) is 6. The van der Waals surface area contributed by atoms with Gasteiger partial charge in [-0.15, -0.1) is 0 Å². The Morgan fingerprint density at radius 2 is 1.89 bits per heavy atom. The summed E-state index contributed by atoms with van der Waals surface area (Å²) in [6.07, 6.45) is 1.41. The monoisotopic (exact) mass is 501 g/mol. The van der Waals surface area contributed by atoms with Gasteiger partial charge < -0.3 is 25.0 Å². The number of aromatic amines is 1. The fraction of sp³-hybridized carbons (Fsp3) is 0.107. The number of ether oxygens (including phenoxy) is 1. The Labute approximate surface area is 211 Å². The van der Waals surface area contributed by atoms with Crippen molar-refractivity contribution in [3.05, 3.63) is 106 Å². The molecule has 4 rings (SSSR count). The maximum absolute atomic E-state index is 14.6. The summed E-state index contributed by atoms with van der Waals surface area (Å²) in [5, 5.41) is 13.5. The molecule has 0 aliphatic rings. The number of hydrogen-bond donors (Lipinski definition) is 3. The molecule has 37 heavy (non-hydrogen) atoms. The first-order valence-electron chi connectivity index (χ1n) is 11.2. The lowest BCUT2D eigenvalue weighted by Gasteiger charge is -2.22. The van der Waals surface area contributed by atoms with Gasteiger partial charge in [-0.05, 0) is 41.5 Å². The van der Waals surface area contributed by atoms with Crippen LogP contribution in [-0.4, -0.2) is 36.1 Å². The van der Waals surface area contributed by atoms with Gasteiger partial charge in [0.1, 0.15) is 17.1 Å². The topological polar surface area (TPSA) is 112 Å². The first-order valence-corrected chi connectivity index (χ1v) is 11.2. The molecule has 0 spiro atoms. The lowest BCUT2D eigenvalue weighted by Crippen LogP contribution is -2.25. The highest BCUT2D eigenvalue weighted by atomic mass is 19.1. The van der Waals surface area contributed by atoms with Gasteiger partial charge in [-0.3, -0.25) is 9.59 Å². The molecule has 4 aromatic rings. The number of benzene rings is 3. The summed E-state index contributed by atoms with van der Waals surface area (Å²) in [7, 11) is 2.97. The average Bonchev–Trinajstić information content (AvgIpc) is 2.89. The minimum absolute atomic E-state index is 0.0235. The van der Waals surface area contributed by atoms with Crippen molar-refractivity contribution in [1.82, 2.24) is 4.98 Å². The second-order valence-electron chi connectivity index (χ2n) is 8.32. The third kappa shape index (κ3) is 5.06. The van der Waals surface area contributed by atoms with Crippen LogP contribution in [0.2, 0.25) is 0 Å². The number of amides is 1. The fourth-order valence-corrected chi connectivity index (χ4v) is 4.06. The predicted molar refractivity (Wildman–Crippen MR) is 141 cm³/mol. The van der Waals surface area contributed by atoms with E-state index in [0.717, 1.165) is 11.6 Å². The standard InChI is InChI=1S/C28H24FN3O5/c1-4-17-12-18(28(36)37-3)10-11-21(17)30-26(34)23-25(33)20-13-19(29)14-22(24(20)31-27(23)35)32(2)15-16-8-6-5-7-9-16/h4-14H,1,15H2,2-3H3,(H,30,34)(H2,31,33,35). The van der Waals surface area contributed by atoms with E-state index in [4.69, 9.17) is 4.74 Å². The van der Waals surface area contributed by atoms with Gasteiger partial charge in [-0.2, -0.15) is 0 Å². The number of halogens is 1. The van der Waals surface area contributed by atoms with Crippen molar-refractivity contribution in [2.45, 2.75) is 6.54 Å². The second-order valence-corrected chi connectivity index (χ2v) is 8.32. The predicted octanol–water partition coefficient (Wildman–Crippen LogP) is 4.69. The van der Waals surface area contributed by atoms with Gasteiger partial charge in [0.25, 0.3) is 11.5 Å². The maximum Gasteiger partial charge on any atom is 0.337 e. The van der Waals surface area contributed by atoms with Crippen molar-refractivity contribution in [3.63, 3.8) is 0 Å². The molecule has 1 aromatic heterocycles. The molecular formula is C28H24FN3O5. The third-order valence-corrected chi connectivity index (χ3v) is 5.88. The van der Waals surface area contributed by atoms with Crippen molar-refractivity contribution >= 4 is 40.2 Å². The van der Waals surface area contributed by atoms with Crippen molar-refractivity contribution in [3.8, 4) is 5.75 Å². The van der Waals surface area contributed by atoms with Gasteiger partial charge in [-0.25, -0.2) is 9.18 Å². The largest absolute Gasteiger partial charge is 0.506 e. The van der Waals surface area contributed by atoms with E-state index >= 15 is 0 Å². The Balaban J connectivity index is 1.73. The molecule has 1 heterocycles. The molecule has 0 radical (unpaired) electrons. The van der Waals surface area contributed by atoms with Gasteiger partial charge in [0.05, 0.1) is 23.9 Å². The fourth-order valence-electron chi connectivity index (χ4n) is 4.06. The molecule has 0 aliphatic heterocycles. The number of methoxy groups -OCH3 is 1. The molecule has 8 nitrogen and oxygen atoms in total. The summed E-state index contributed by atoms with van der Waals surface area (Å²) in [5.74, 6) is -2.79. The van der Waals surface area contributed by atoms with Crippen LogP contribution in [0.1, 0.15) is 31.8 Å². The van der Waals surface area contributed by atoms with E-state index in [-0.39, 0.29) is 22.2 Å². The Morgan fingerprint density at radius 1 is 1.16 bits per heavy atom. The number of H-pyrrole nitrogens is 1. The Bertz CT molecular complexity index is 1580. The molecule has 188 valence electrons. The minimum atomic E-state index is -0.919. The summed E-state index contributed by atoms with van der Waals surface area (Å²) in [6.45, 7) is 4.09. The van der Waals surface area contributed by atoms with Gasteiger partial charge in [0.15, 0.2) is 0 Å². The maximum atomic E-state index is 14.6. The smallest absolute Gasteiger partial charge is 0.337 e.